The molecule has 23 heavy (non-hydrogen) atoms. The van der Waals surface area contributed by atoms with Gasteiger partial charge in [-0.3, -0.25) is 0 Å². The number of rotatable bonds is 2. The van der Waals surface area contributed by atoms with E-state index >= 15 is 0 Å². The molecule has 0 N–H and O–H groups in total. The first-order valence-corrected chi connectivity index (χ1v) is 9.45. The molecule has 6 heteroatoms. The van der Waals surface area contributed by atoms with Gasteiger partial charge in [0.25, 0.3) is 0 Å². The van der Waals surface area contributed by atoms with E-state index in [9.17, 15) is 0 Å². The van der Waals surface area contributed by atoms with Crippen LogP contribution < -0.4 is 4.90 Å². The Morgan fingerprint density at radius 3 is 2.96 bits per heavy atom. The molecule has 2 aliphatic heterocycles. The highest BCUT2D eigenvalue weighted by molar-refractivity contribution is 7.19. The Hall–Kier alpha value is -1.24. The maximum Gasteiger partial charge on any atom is 0.162 e. The van der Waals surface area contributed by atoms with Gasteiger partial charge in [-0.15, -0.1) is 11.3 Å². The molecule has 0 radical (unpaired) electrons. The van der Waals surface area contributed by atoms with Crippen LogP contribution in [0.15, 0.2) is 6.33 Å². The van der Waals surface area contributed by atoms with E-state index in [1.54, 1.807) is 6.33 Å². The molecule has 5 nitrogen and oxygen atoms in total. The first-order valence-electron chi connectivity index (χ1n) is 8.63. The summed E-state index contributed by atoms with van der Waals surface area (Å²) in [4.78, 5) is 14.3. The van der Waals surface area contributed by atoms with Crippen LogP contribution in [0.1, 0.15) is 29.7 Å². The quantitative estimate of drug-likeness (QED) is 0.847. The van der Waals surface area contributed by atoms with Crippen LogP contribution in [0, 0.1) is 5.92 Å². The number of fused-ring (bicyclic) bond motifs is 3. The number of thiophene rings is 1. The fourth-order valence-corrected chi connectivity index (χ4v) is 5.45. The summed E-state index contributed by atoms with van der Waals surface area (Å²) in [5, 5.41) is 1.32. The van der Waals surface area contributed by atoms with Gasteiger partial charge in [0.15, 0.2) is 6.29 Å². The zero-order chi connectivity index (χ0) is 15.2. The van der Waals surface area contributed by atoms with Gasteiger partial charge in [0, 0.05) is 23.9 Å². The molecule has 2 saturated heterocycles. The van der Waals surface area contributed by atoms with Gasteiger partial charge in [0.1, 0.15) is 17.0 Å². The minimum absolute atomic E-state index is 0.0247. The van der Waals surface area contributed by atoms with E-state index < -0.39 is 0 Å². The number of anilines is 1. The van der Waals surface area contributed by atoms with Crippen LogP contribution in [0.25, 0.3) is 10.2 Å². The topological polar surface area (TPSA) is 47.5 Å². The van der Waals surface area contributed by atoms with Crippen LogP contribution >= 0.6 is 11.3 Å². The highest BCUT2D eigenvalue weighted by Gasteiger charge is 2.33. The molecule has 2 aromatic rings. The Bertz CT molecular complexity index is 726. The highest BCUT2D eigenvalue weighted by Crippen LogP contribution is 2.41. The van der Waals surface area contributed by atoms with Crippen LogP contribution in [0.3, 0.4) is 0 Å². The molecule has 1 aliphatic carbocycles. The largest absolute Gasteiger partial charge is 0.355 e. The monoisotopic (exact) mass is 331 g/mol. The zero-order valence-electron chi connectivity index (χ0n) is 13.2. The maximum atomic E-state index is 5.74. The zero-order valence-corrected chi connectivity index (χ0v) is 14.0. The summed E-state index contributed by atoms with van der Waals surface area (Å²) in [5.41, 5.74) is 1.51. The highest BCUT2D eigenvalue weighted by atomic mass is 32.1. The number of hydrogen-bond acceptors (Lipinski definition) is 6. The molecule has 2 aromatic heterocycles. The lowest BCUT2D eigenvalue weighted by molar-refractivity contribution is -0.0858. The second kappa shape index (κ2) is 5.69. The lowest BCUT2D eigenvalue weighted by Gasteiger charge is -2.35. The Kier molecular flexibility index (Phi) is 3.49. The predicted molar refractivity (Wildman–Crippen MR) is 90.1 cm³/mol. The average molecular weight is 331 g/mol. The third-order valence-corrected chi connectivity index (χ3v) is 6.47. The molecule has 0 unspecified atom stereocenters. The van der Waals surface area contributed by atoms with Gasteiger partial charge >= 0.3 is 0 Å². The SMILES string of the molecule is c1nc(N2CCC[C@@H](C3OCCO3)C2)c2c3c(sc2n1)CCC3. The van der Waals surface area contributed by atoms with Gasteiger partial charge in [-0.05, 0) is 37.7 Å². The number of piperidine rings is 1. The van der Waals surface area contributed by atoms with Crippen molar-refractivity contribution in [3.8, 4) is 0 Å². The first-order chi connectivity index (χ1) is 11.4. The van der Waals surface area contributed by atoms with Crippen LogP contribution in [0.4, 0.5) is 5.82 Å². The summed E-state index contributed by atoms with van der Waals surface area (Å²) in [7, 11) is 0. The molecule has 122 valence electrons. The molecule has 0 amide bonds. The van der Waals surface area contributed by atoms with Crippen molar-refractivity contribution >= 4 is 27.4 Å². The van der Waals surface area contributed by atoms with E-state index in [0.29, 0.717) is 5.92 Å². The Balaban J connectivity index is 1.50. The van der Waals surface area contributed by atoms with Crippen LogP contribution in [0.5, 0.6) is 0 Å². The van der Waals surface area contributed by atoms with Crippen molar-refractivity contribution in [3.63, 3.8) is 0 Å². The summed E-state index contributed by atoms with van der Waals surface area (Å²) in [6, 6.07) is 0. The number of ether oxygens (including phenoxy) is 2. The van der Waals surface area contributed by atoms with Crippen LogP contribution in [-0.4, -0.2) is 42.6 Å². The maximum absolute atomic E-state index is 5.74. The molecule has 2 fully saturated rings. The predicted octanol–water partition coefficient (Wildman–Crippen LogP) is 2.77. The van der Waals surface area contributed by atoms with E-state index in [4.69, 9.17) is 9.47 Å². The smallest absolute Gasteiger partial charge is 0.162 e. The van der Waals surface area contributed by atoms with Gasteiger partial charge in [0.05, 0.1) is 18.6 Å². The molecule has 0 spiro atoms. The van der Waals surface area contributed by atoms with Crippen LogP contribution in [0.2, 0.25) is 0 Å². The van der Waals surface area contributed by atoms with E-state index in [2.05, 4.69) is 14.9 Å². The number of hydrogen-bond donors (Lipinski definition) is 0. The van der Waals surface area contributed by atoms with Crippen molar-refractivity contribution < 1.29 is 9.47 Å². The minimum atomic E-state index is -0.0247. The molecular weight excluding hydrogens is 310 g/mol. The van der Waals surface area contributed by atoms with Crippen molar-refractivity contribution in [3.05, 3.63) is 16.8 Å². The van der Waals surface area contributed by atoms with E-state index in [0.717, 1.165) is 37.0 Å². The van der Waals surface area contributed by atoms with E-state index in [-0.39, 0.29) is 6.29 Å². The van der Waals surface area contributed by atoms with Crippen LogP contribution in [-0.2, 0) is 22.3 Å². The number of nitrogens with zero attached hydrogens (tertiary/aromatic N) is 3. The van der Waals surface area contributed by atoms with Crippen molar-refractivity contribution in [2.45, 2.75) is 38.4 Å². The molecule has 0 saturated carbocycles. The molecule has 0 bridgehead atoms. The third-order valence-electron chi connectivity index (χ3n) is 5.27. The second-order valence-electron chi connectivity index (χ2n) is 6.69. The van der Waals surface area contributed by atoms with Crippen molar-refractivity contribution in [1.82, 2.24) is 9.97 Å². The summed E-state index contributed by atoms with van der Waals surface area (Å²) in [6.45, 7) is 3.51. The van der Waals surface area contributed by atoms with E-state index in [1.165, 1.54) is 47.9 Å². The Morgan fingerprint density at radius 2 is 2.04 bits per heavy atom. The van der Waals surface area contributed by atoms with Gasteiger partial charge in [-0.2, -0.15) is 0 Å². The molecule has 5 rings (SSSR count). The summed E-state index contributed by atoms with van der Waals surface area (Å²) in [6.07, 6.45) is 7.73. The lowest BCUT2D eigenvalue weighted by Crippen LogP contribution is -2.41. The van der Waals surface area contributed by atoms with Crippen molar-refractivity contribution in [2.24, 2.45) is 5.92 Å². The normalized spacial score (nSPS) is 25.4. The van der Waals surface area contributed by atoms with Gasteiger partial charge in [-0.1, -0.05) is 0 Å². The van der Waals surface area contributed by atoms with Gasteiger partial charge in [0.2, 0.25) is 0 Å². The lowest BCUT2D eigenvalue weighted by atomic mass is 9.97. The minimum Gasteiger partial charge on any atom is -0.355 e. The number of aromatic nitrogens is 2. The molecule has 3 aliphatic rings. The summed E-state index contributed by atoms with van der Waals surface area (Å²) >= 11 is 1.86. The summed E-state index contributed by atoms with van der Waals surface area (Å²) < 4.78 is 11.5. The van der Waals surface area contributed by atoms with Crippen molar-refractivity contribution in [2.75, 3.05) is 31.2 Å². The Labute approximate surface area is 139 Å². The molecular formula is C17H21N3O2S. The fourth-order valence-electron chi connectivity index (χ4n) is 4.23. The molecule has 4 heterocycles. The van der Waals surface area contributed by atoms with E-state index in [1.807, 2.05) is 11.3 Å². The van der Waals surface area contributed by atoms with Crippen molar-refractivity contribution in [1.29, 1.82) is 0 Å². The summed E-state index contributed by atoms with van der Waals surface area (Å²) in [5.74, 6) is 1.58. The third kappa shape index (κ3) is 2.35. The fraction of sp³-hybridized carbons (Fsp3) is 0.647. The molecule has 1 atom stereocenters. The second-order valence-corrected chi connectivity index (χ2v) is 7.78. The van der Waals surface area contributed by atoms with Gasteiger partial charge < -0.3 is 14.4 Å². The standard InChI is InChI=1S/C17H21N3O2S/c1-4-12-13(5-1)23-16-14(12)15(18-10-19-16)20-6-2-3-11(9-20)17-21-7-8-22-17/h10-11,17H,1-9H2/t11-/m1/s1. The first kappa shape index (κ1) is 14.1. The Morgan fingerprint density at radius 1 is 1.13 bits per heavy atom. The average Bonchev–Trinajstić information content (AvgIpc) is 3.31. The molecule has 0 aromatic carbocycles. The van der Waals surface area contributed by atoms with Gasteiger partial charge in [-0.25, -0.2) is 9.97 Å². The number of aryl methyl sites for hydroxylation is 2.